The first kappa shape index (κ1) is 11.4. The number of aliphatic hydroxyl groups excluding tert-OH is 1. The average molecular weight is 196 g/mol. The summed E-state index contributed by atoms with van der Waals surface area (Å²) in [5, 5.41) is 8.39. The Balaban J connectivity index is 3.76. The molecule has 0 spiro atoms. The van der Waals surface area contributed by atoms with Gasteiger partial charge in [0.2, 0.25) is 0 Å². The van der Waals surface area contributed by atoms with E-state index in [1.165, 1.54) is 0 Å². The summed E-state index contributed by atoms with van der Waals surface area (Å²) in [4.78, 5) is 10.7. The molecule has 0 fully saturated rings. The third-order valence-corrected chi connectivity index (χ3v) is 1.70. The van der Waals surface area contributed by atoms with Gasteiger partial charge in [0.25, 0.3) is 0 Å². The van der Waals surface area contributed by atoms with Crippen molar-refractivity contribution in [2.24, 2.45) is 5.73 Å². The lowest BCUT2D eigenvalue weighted by Crippen LogP contribution is -2.34. The van der Waals surface area contributed by atoms with E-state index in [9.17, 15) is 9.36 Å². The smallest absolute Gasteiger partial charge is 0.394 e. The van der Waals surface area contributed by atoms with Crippen molar-refractivity contribution in [1.82, 2.24) is 0 Å². The normalized spacial score (nSPS) is 13.8. The maximum absolute atomic E-state index is 10.7. The van der Waals surface area contributed by atoms with Gasteiger partial charge in [-0.15, -0.1) is 4.52 Å². The van der Waals surface area contributed by atoms with Gasteiger partial charge in [-0.1, -0.05) is 0 Å². The highest BCUT2D eigenvalue weighted by Gasteiger charge is 2.29. The van der Waals surface area contributed by atoms with Crippen molar-refractivity contribution in [3.8, 4) is 0 Å². The Kier molecular flexibility index (Phi) is 5.74. The molecule has 0 amide bonds. The lowest BCUT2D eigenvalue weighted by atomic mass is 10.3. The highest BCUT2D eigenvalue weighted by Crippen LogP contribution is 2.23. The van der Waals surface area contributed by atoms with E-state index >= 15 is 0 Å². The molecule has 0 radical (unpaired) electrons. The van der Waals surface area contributed by atoms with E-state index in [1.807, 2.05) is 0 Å². The van der Waals surface area contributed by atoms with E-state index in [0.717, 1.165) is 0 Å². The summed E-state index contributed by atoms with van der Waals surface area (Å²) in [5.41, 5.74) is 5.05. The fraction of sp³-hybridized carbons (Fsp3) is 0.800. The molecule has 6 nitrogen and oxygen atoms in total. The van der Waals surface area contributed by atoms with Crippen molar-refractivity contribution in [3.63, 3.8) is 0 Å². The van der Waals surface area contributed by atoms with E-state index in [1.54, 1.807) is 6.92 Å². The van der Waals surface area contributed by atoms with E-state index in [2.05, 4.69) is 9.05 Å². The van der Waals surface area contributed by atoms with Gasteiger partial charge in [0, 0.05) is 4.57 Å². The van der Waals surface area contributed by atoms with Crippen LogP contribution in [-0.2, 0) is 18.4 Å². The largest absolute Gasteiger partial charge is 0.753 e. The molecule has 7 heteroatoms. The number of rotatable bonds is 5. The maximum atomic E-state index is 10.7. The molecule has 0 saturated heterocycles. The highest BCUT2D eigenvalue weighted by atomic mass is 31.1. The van der Waals surface area contributed by atoms with Gasteiger partial charge in [-0.2, -0.15) is 4.52 Å². The molecule has 0 aromatic heterocycles. The highest BCUT2D eigenvalue weighted by molar-refractivity contribution is 7.34. The average Bonchev–Trinajstić information content (AvgIpc) is 2.03. The second kappa shape index (κ2) is 6.02. The lowest BCUT2D eigenvalue weighted by molar-refractivity contribution is -0.136. The van der Waals surface area contributed by atoms with Crippen molar-refractivity contribution in [1.29, 1.82) is 0 Å². The van der Waals surface area contributed by atoms with Crippen LogP contribution in [0.25, 0.3) is 0 Å². The number of carbonyl (C=O) groups is 1. The van der Waals surface area contributed by atoms with Crippen LogP contribution in [0.3, 0.4) is 0 Å². The second-order valence-electron chi connectivity index (χ2n) is 1.84. The lowest BCUT2D eigenvalue weighted by Gasteiger charge is -1.98. The Morgan fingerprint density at radius 1 is 1.75 bits per heavy atom. The molecule has 0 aromatic carbocycles. The Hall–Kier alpha value is -0.550. The van der Waals surface area contributed by atoms with E-state index in [0.29, 0.717) is 0 Å². The molecule has 0 heterocycles. The zero-order valence-electron chi connectivity index (χ0n) is 6.60. The number of hydrogen-bond acceptors (Lipinski definition) is 6. The van der Waals surface area contributed by atoms with Crippen LogP contribution >= 0.6 is 8.25 Å². The van der Waals surface area contributed by atoms with E-state index in [-0.39, 0.29) is 6.61 Å². The Bertz CT molecular complexity index is 173. The molecule has 0 aromatic rings. The summed E-state index contributed by atoms with van der Waals surface area (Å²) in [6.45, 7) is 1.23. The zero-order chi connectivity index (χ0) is 9.56. The first-order valence-corrected chi connectivity index (χ1v) is 4.39. The fourth-order valence-electron chi connectivity index (χ4n) is 0.347. The van der Waals surface area contributed by atoms with Gasteiger partial charge in [-0.05, 0) is 6.92 Å². The Morgan fingerprint density at radius 2 is 2.33 bits per heavy atom. The van der Waals surface area contributed by atoms with Crippen molar-refractivity contribution in [2.45, 2.75) is 13.0 Å². The molecule has 1 unspecified atom stereocenters. The number of nitrogens with two attached hydrogens (primary N) is 1. The summed E-state index contributed by atoms with van der Waals surface area (Å²) < 4.78 is 19.3. The summed E-state index contributed by atoms with van der Waals surface area (Å²) in [6, 6.07) is -1.16. The fourth-order valence-corrected chi connectivity index (χ4v) is 0.893. The van der Waals surface area contributed by atoms with Gasteiger partial charge >= 0.3 is 14.2 Å². The van der Waals surface area contributed by atoms with Gasteiger partial charge in [-0.25, -0.2) is 4.79 Å². The minimum atomic E-state index is -2.45. The van der Waals surface area contributed by atoms with Gasteiger partial charge in [0.05, 0.1) is 6.61 Å². The standard InChI is InChI=1S/C5H11NO5P/c1-2-10-12(9)11-5(8)4(6)3-7/h4,7H,2-3,6H2,1H3/q+1/t4-/m0/s1. The van der Waals surface area contributed by atoms with Crippen LogP contribution in [0.1, 0.15) is 6.92 Å². The van der Waals surface area contributed by atoms with Crippen LogP contribution in [0.2, 0.25) is 0 Å². The van der Waals surface area contributed by atoms with Crippen molar-refractivity contribution in [2.75, 3.05) is 13.2 Å². The molecular weight excluding hydrogens is 185 g/mol. The SMILES string of the molecule is CCO[P+](=O)OC(=O)[C@@H](N)CO. The van der Waals surface area contributed by atoms with Crippen LogP contribution in [0.5, 0.6) is 0 Å². The topological polar surface area (TPSA) is 98.9 Å². The maximum Gasteiger partial charge on any atom is 0.753 e. The third kappa shape index (κ3) is 4.35. The molecule has 0 aliphatic heterocycles. The van der Waals surface area contributed by atoms with Gasteiger partial charge in [0.15, 0.2) is 0 Å². The minimum absolute atomic E-state index is 0.177. The van der Waals surface area contributed by atoms with E-state index < -0.39 is 26.9 Å². The zero-order valence-corrected chi connectivity index (χ0v) is 7.49. The first-order chi connectivity index (χ1) is 5.61. The molecule has 3 N–H and O–H groups in total. The molecule has 2 atom stereocenters. The van der Waals surface area contributed by atoms with Crippen LogP contribution < -0.4 is 5.73 Å². The minimum Gasteiger partial charge on any atom is -0.394 e. The van der Waals surface area contributed by atoms with Crippen molar-refractivity contribution in [3.05, 3.63) is 0 Å². The summed E-state index contributed by atoms with van der Waals surface area (Å²) in [5.74, 6) is -0.938. The molecular formula is C5H11NO5P+. The van der Waals surface area contributed by atoms with Crippen LogP contribution in [0.15, 0.2) is 0 Å². The van der Waals surface area contributed by atoms with Crippen LogP contribution in [-0.4, -0.2) is 30.3 Å². The van der Waals surface area contributed by atoms with Crippen LogP contribution in [0, 0.1) is 0 Å². The quantitative estimate of drug-likeness (QED) is 0.577. The van der Waals surface area contributed by atoms with Gasteiger partial charge in [-0.3, -0.25) is 0 Å². The predicted molar refractivity (Wildman–Crippen MR) is 40.4 cm³/mol. The Morgan fingerprint density at radius 3 is 2.75 bits per heavy atom. The predicted octanol–water partition coefficient (Wildman–Crippen LogP) is -0.457. The molecule has 0 aliphatic rings. The molecule has 12 heavy (non-hydrogen) atoms. The number of hydrogen-bond donors (Lipinski definition) is 2. The third-order valence-electron chi connectivity index (χ3n) is 0.898. The van der Waals surface area contributed by atoms with Gasteiger partial charge < -0.3 is 10.8 Å². The molecule has 0 aliphatic carbocycles. The second-order valence-corrected chi connectivity index (χ2v) is 2.73. The van der Waals surface area contributed by atoms with Crippen molar-refractivity contribution >= 4 is 14.2 Å². The molecule has 0 rings (SSSR count). The monoisotopic (exact) mass is 196 g/mol. The summed E-state index contributed by atoms with van der Waals surface area (Å²) in [7, 11) is -2.45. The van der Waals surface area contributed by atoms with E-state index in [4.69, 9.17) is 10.8 Å². The Labute approximate surface area is 70.6 Å². The first-order valence-electron chi connectivity index (χ1n) is 3.30. The molecule has 70 valence electrons. The molecule has 0 saturated carbocycles. The summed E-state index contributed by atoms with van der Waals surface area (Å²) >= 11 is 0. The number of carbonyl (C=O) groups excluding carboxylic acids is 1. The number of aliphatic hydroxyl groups is 1. The van der Waals surface area contributed by atoms with Crippen molar-refractivity contribution < 1.29 is 23.5 Å². The van der Waals surface area contributed by atoms with Gasteiger partial charge in [0.1, 0.15) is 12.6 Å². The van der Waals surface area contributed by atoms with Crippen LogP contribution in [0.4, 0.5) is 0 Å². The molecule has 0 bridgehead atoms. The summed E-state index contributed by atoms with van der Waals surface area (Å²) in [6.07, 6.45) is 0.